The van der Waals surface area contributed by atoms with E-state index in [1.807, 2.05) is 6.08 Å². The zero-order chi connectivity index (χ0) is 12.0. The van der Waals surface area contributed by atoms with Gasteiger partial charge in [0.2, 0.25) is 0 Å². The summed E-state index contributed by atoms with van der Waals surface area (Å²) in [5.41, 5.74) is 5.88. The maximum Gasteiger partial charge on any atom is 0.0163 e. The van der Waals surface area contributed by atoms with E-state index in [0.29, 0.717) is 6.04 Å². The molecular weight excluding hydrogens is 196 g/mol. The highest BCUT2D eigenvalue weighted by Crippen LogP contribution is 2.30. The summed E-state index contributed by atoms with van der Waals surface area (Å²) in [6.45, 7) is 11.5. The maximum absolute atomic E-state index is 5.88. The molecule has 0 aromatic rings. The van der Waals surface area contributed by atoms with E-state index in [2.05, 4.69) is 25.3 Å². The van der Waals surface area contributed by atoms with Crippen molar-refractivity contribution >= 4 is 0 Å². The molecule has 1 saturated carbocycles. The third kappa shape index (κ3) is 3.91. The van der Waals surface area contributed by atoms with Crippen molar-refractivity contribution in [1.29, 1.82) is 0 Å². The van der Waals surface area contributed by atoms with Gasteiger partial charge in [0.25, 0.3) is 0 Å². The van der Waals surface area contributed by atoms with Gasteiger partial charge >= 0.3 is 0 Å². The highest BCUT2D eigenvalue weighted by atomic mass is 15.1. The first-order valence-corrected chi connectivity index (χ1v) is 6.74. The van der Waals surface area contributed by atoms with Crippen LogP contribution >= 0.6 is 0 Å². The van der Waals surface area contributed by atoms with E-state index in [1.54, 1.807) is 0 Å². The summed E-state index contributed by atoms with van der Waals surface area (Å²) in [7, 11) is 0. The fourth-order valence-corrected chi connectivity index (χ4v) is 2.80. The number of nitrogens with zero attached hydrogens (tertiary/aromatic N) is 1. The van der Waals surface area contributed by atoms with Gasteiger partial charge in [0, 0.05) is 19.1 Å². The fourth-order valence-electron chi connectivity index (χ4n) is 2.80. The Kier molecular flexibility index (Phi) is 6.07. The molecule has 2 N–H and O–H groups in total. The summed E-state index contributed by atoms with van der Waals surface area (Å²) in [5.74, 6) is 1.56. The molecule has 1 fully saturated rings. The van der Waals surface area contributed by atoms with Crippen molar-refractivity contribution in [3.8, 4) is 0 Å². The van der Waals surface area contributed by atoms with Crippen molar-refractivity contribution < 1.29 is 0 Å². The Labute approximate surface area is 101 Å². The Balaban J connectivity index is 2.50. The fraction of sp³-hybridized carbons (Fsp3) is 0.857. The molecule has 94 valence electrons. The van der Waals surface area contributed by atoms with E-state index < -0.39 is 0 Å². The molecule has 1 rings (SSSR count). The molecule has 1 aliphatic carbocycles. The molecule has 0 spiro atoms. The Morgan fingerprint density at radius 3 is 2.44 bits per heavy atom. The molecule has 2 heteroatoms. The van der Waals surface area contributed by atoms with Gasteiger partial charge in [-0.3, -0.25) is 4.90 Å². The maximum atomic E-state index is 5.88. The van der Waals surface area contributed by atoms with Crippen LogP contribution in [0, 0.1) is 11.8 Å². The van der Waals surface area contributed by atoms with Crippen LogP contribution in [0.25, 0.3) is 0 Å². The minimum atomic E-state index is 0.610. The van der Waals surface area contributed by atoms with Gasteiger partial charge in [0.05, 0.1) is 0 Å². The first kappa shape index (κ1) is 13.7. The lowest BCUT2D eigenvalue weighted by Crippen LogP contribution is -2.40. The van der Waals surface area contributed by atoms with E-state index in [0.717, 1.165) is 24.9 Å². The molecule has 0 saturated heterocycles. The van der Waals surface area contributed by atoms with E-state index in [9.17, 15) is 0 Å². The molecule has 2 nitrogen and oxygen atoms in total. The molecule has 0 bridgehead atoms. The second-order valence-corrected chi connectivity index (χ2v) is 5.38. The predicted octanol–water partition coefficient (Wildman–Crippen LogP) is 2.65. The monoisotopic (exact) mass is 224 g/mol. The number of rotatable bonds is 6. The lowest BCUT2D eigenvalue weighted by molar-refractivity contribution is 0.141. The molecule has 2 unspecified atom stereocenters. The molecular formula is C14H28N2. The van der Waals surface area contributed by atoms with Crippen LogP contribution in [-0.2, 0) is 0 Å². The molecule has 2 atom stereocenters. The van der Waals surface area contributed by atoms with Gasteiger partial charge in [-0.1, -0.05) is 18.9 Å². The Morgan fingerprint density at radius 1 is 1.31 bits per heavy atom. The second-order valence-electron chi connectivity index (χ2n) is 5.38. The first-order chi connectivity index (χ1) is 7.69. The van der Waals surface area contributed by atoms with E-state index in [1.165, 1.54) is 32.2 Å². The van der Waals surface area contributed by atoms with Gasteiger partial charge in [-0.2, -0.15) is 0 Å². The molecule has 0 radical (unpaired) electrons. The first-order valence-electron chi connectivity index (χ1n) is 6.74. The predicted molar refractivity (Wildman–Crippen MR) is 71.4 cm³/mol. The molecule has 1 aliphatic rings. The number of hydrogen-bond acceptors (Lipinski definition) is 2. The average Bonchev–Trinajstić information content (AvgIpc) is 2.29. The minimum absolute atomic E-state index is 0.610. The van der Waals surface area contributed by atoms with E-state index >= 15 is 0 Å². The van der Waals surface area contributed by atoms with Crippen molar-refractivity contribution in [3.63, 3.8) is 0 Å². The molecule has 0 heterocycles. The van der Waals surface area contributed by atoms with Crippen molar-refractivity contribution in [2.24, 2.45) is 17.6 Å². The van der Waals surface area contributed by atoms with Crippen LogP contribution in [0.3, 0.4) is 0 Å². The molecule has 0 aliphatic heterocycles. The van der Waals surface area contributed by atoms with Gasteiger partial charge in [-0.15, -0.1) is 6.58 Å². The summed E-state index contributed by atoms with van der Waals surface area (Å²) in [4.78, 5) is 2.52. The van der Waals surface area contributed by atoms with Crippen LogP contribution in [0.5, 0.6) is 0 Å². The third-order valence-electron chi connectivity index (χ3n) is 3.93. The lowest BCUT2D eigenvalue weighted by atomic mass is 9.79. The van der Waals surface area contributed by atoms with Crippen molar-refractivity contribution in [3.05, 3.63) is 12.7 Å². The third-order valence-corrected chi connectivity index (χ3v) is 3.93. The van der Waals surface area contributed by atoms with Gasteiger partial charge in [0.15, 0.2) is 0 Å². The van der Waals surface area contributed by atoms with Crippen molar-refractivity contribution in [2.75, 3.05) is 19.6 Å². The normalized spacial score (nSPS) is 26.3. The largest absolute Gasteiger partial charge is 0.330 e. The van der Waals surface area contributed by atoms with Gasteiger partial charge in [-0.05, 0) is 45.1 Å². The summed E-state index contributed by atoms with van der Waals surface area (Å²) in [6, 6.07) is 0.610. The molecule has 0 aromatic carbocycles. The smallest absolute Gasteiger partial charge is 0.0163 e. The topological polar surface area (TPSA) is 29.3 Å². The van der Waals surface area contributed by atoms with Crippen molar-refractivity contribution in [1.82, 2.24) is 4.90 Å². The van der Waals surface area contributed by atoms with Crippen LogP contribution in [0.15, 0.2) is 12.7 Å². The number of nitrogens with two attached hydrogens (primary N) is 1. The zero-order valence-electron chi connectivity index (χ0n) is 11.0. The highest BCUT2D eigenvalue weighted by molar-refractivity contribution is 4.82. The van der Waals surface area contributed by atoms with Gasteiger partial charge in [-0.25, -0.2) is 0 Å². The van der Waals surface area contributed by atoms with E-state index in [-0.39, 0.29) is 0 Å². The zero-order valence-corrected chi connectivity index (χ0v) is 11.0. The minimum Gasteiger partial charge on any atom is -0.330 e. The van der Waals surface area contributed by atoms with Crippen LogP contribution in [0.2, 0.25) is 0 Å². The Hall–Kier alpha value is -0.340. The average molecular weight is 224 g/mol. The van der Waals surface area contributed by atoms with Gasteiger partial charge in [0.1, 0.15) is 0 Å². The van der Waals surface area contributed by atoms with Crippen LogP contribution < -0.4 is 5.73 Å². The van der Waals surface area contributed by atoms with Crippen LogP contribution in [0.1, 0.15) is 39.5 Å². The molecule has 16 heavy (non-hydrogen) atoms. The quantitative estimate of drug-likeness (QED) is 0.703. The Morgan fingerprint density at radius 2 is 1.94 bits per heavy atom. The summed E-state index contributed by atoms with van der Waals surface area (Å²) < 4.78 is 0. The van der Waals surface area contributed by atoms with Gasteiger partial charge < -0.3 is 5.73 Å². The lowest BCUT2D eigenvalue weighted by Gasteiger charge is -2.36. The SMILES string of the molecule is C=CCN(CC1CCCCC1CN)C(C)C. The standard InChI is InChI=1S/C14H28N2/c1-4-9-16(12(2)3)11-14-8-6-5-7-13(14)10-15/h4,12-14H,1,5-11,15H2,2-3H3. The van der Waals surface area contributed by atoms with Crippen molar-refractivity contribution in [2.45, 2.75) is 45.6 Å². The molecule has 0 aromatic heterocycles. The highest BCUT2D eigenvalue weighted by Gasteiger charge is 2.26. The second kappa shape index (κ2) is 7.08. The summed E-state index contributed by atoms with van der Waals surface area (Å²) in [5, 5.41) is 0. The Bertz CT molecular complexity index is 201. The summed E-state index contributed by atoms with van der Waals surface area (Å²) in [6.07, 6.45) is 7.48. The van der Waals surface area contributed by atoms with Crippen LogP contribution in [0.4, 0.5) is 0 Å². The number of hydrogen-bond donors (Lipinski definition) is 1. The molecule has 0 amide bonds. The van der Waals surface area contributed by atoms with Crippen LogP contribution in [-0.4, -0.2) is 30.6 Å². The summed E-state index contributed by atoms with van der Waals surface area (Å²) >= 11 is 0. The van der Waals surface area contributed by atoms with E-state index in [4.69, 9.17) is 5.73 Å².